The Morgan fingerprint density at radius 2 is 1.85 bits per heavy atom. The van der Waals surface area contributed by atoms with Crippen molar-refractivity contribution in [1.29, 1.82) is 0 Å². The largest absolute Gasteiger partial charge is 0.356 e. The smallest absolute Gasteiger partial charge is 0.237 e. The Bertz CT molecular complexity index is 849. The average molecular weight is 385 g/mol. The maximum atomic E-state index is 12.3. The monoisotopic (exact) mass is 384 g/mol. The van der Waals surface area contributed by atoms with Gasteiger partial charge in [-0.05, 0) is 31.5 Å². The first-order valence-corrected chi connectivity index (χ1v) is 9.95. The Hall–Kier alpha value is -2.38. The molecule has 0 radical (unpaired) electrons. The van der Waals surface area contributed by atoms with Crippen LogP contribution in [-0.2, 0) is 11.3 Å². The number of nitrogens with one attached hydrogen (secondary N) is 2. The molecule has 0 saturated heterocycles. The van der Waals surface area contributed by atoms with Gasteiger partial charge in [0.2, 0.25) is 11.0 Å². The van der Waals surface area contributed by atoms with E-state index in [1.807, 2.05) is 56.3 Å². The number of hydrogen-bond acceptors (Lipinski definition) is 6. The van der Waals surface area contributed by atoms with Gasteiger partial charge in [-0.15, -0.1) is 10.2 Å². The van der Waals surface area contributed by atoms with E-state index < -0.39 is 0 Å². The fourth-order valence-corrected chi connectivity index (χ4v) is 4.08. The van der Waals surface area contributed by atoms with E-state index in [2.05, 4.69) is 33.0 Å². The first-order chi connectivity index (χ1) is 12.6. The van der Waals surface area contributed by atoms with E-state index in [0.29, 0.717) is 6.54 Å². The van der Waals surface area contributed by atoms with Gasteiger partial charge in [0, 0.05) is 12.2 Å². The van der Waals surface area contributed by atoms with E-state index in [1.165, 1.54) is 28.7 Å². The molecule has 1 amide bonds. The van der Waals surface area contributed by atoms with Crippen LogP contribution < -0.4 is 10.6 Å². The maximum Gasteiger partial charge on any atom is 0.237 e. The predicted octanol–water partition coefficient (Wildman–Crippen LogP) is 4.58. The normalized spacial score (nSPS) is 11.8. The number of benzene rings is 2. The quantitative estimate of drug-likeness (QED) is 0.584. The number of anilines is 2. The van der Waals surface area contributed by atoms with E-state index in [4.69, 9.17) is 0 Å². The molecule has 1 heterocycles. The summed E-state index contributed by atoms with van der Waals surface area (Å²) in [5.74, 6) is -0.0483. The average Bonchev–Trinajstić information content (AvgIpc) is 3.10. The van der Waals surface area contributed by atoms with Gasteiger partial charge in [0.1, 0.15) is 0 Å². The molecule has 0 aliphatic carbocycles. The van der Waals surface area contributed by atoms with Gasteiger partial charge in [-0.1, -0.05) is 71.1 Å². The summed E-state index contributed by atoms with van der Waals surface area (Å²) in [7, 11) is 0. The zero-order valence-electron chi connectivity index (χ0n) is 14.6. The highest BCUT2D eigenvalue weighted by molar-refractivity contribution is 8.02. The molecule has 2 N–H and O–H groups in total. The fourth-order valence-electron chi connectivity index (χ4n) is 2.19. The summed E-state index contributed by atoms with van der Waals surface area (Å²) in [4.78, 5) is 12.3. The van der Waals surface area contributed by atoms with E-state index in [9.17, 15) is 4.79 Å². The lowest BCUT2D eigenvalue weighted by Crippen LogP contribution is -2.22. The van der Waals surface area contributed by atoms with Gasteiger partial charge in [-0.2, -0.15) is 0 Å². The van der Waals surface area contributed by atoms with E-state index >= 15 is 0 Å². The van der Waals surface area contributed by atoms with Crippen LogP contribution in [0.1, 0.15) is 18.1 Å². The zero-order valence-corrected chi connectivity index (χ0v) is 16.2. The van der Waals surface area contributed by atoms with Gasteiger partial charge in [0.25, 0.3) is 0 Å². The van der Waals surface area contributed by atoms with Crippen LogP contribution in [0.4, 0.5) is 10.8 Å². The molecule has 0 bridgehead atoms. The number of hydrogen-bond donors (Lipinski definition) is 2. The number of thioether (sulfide) groups is 1. The second-order valence-corrected chi connectivity index (χ2v) is 8.39. The zero-order chi connectivity index (χ0) is 18.4. The molecule has 0 saturated carbocycles. The third-order valence-corrected chi connectivity index (χ3v) is 5.72. The highest BCUT2D eigenvalue weighted by Gasteiger charge is 2.17. The summed E-state index contributed by atoms with van der Waals surface area (Å²) >= 11 is 2.87. The summed E-state index contributed by atoms with van der Waals surface area (Å²) in [6.07, 6.45) is 0. The van der Waals surface area contributed by atoms with Crippen LogP contribution in [0.2, 0.25) is 0 Å². The third-order valence-electron chi connectivity index (χ3n) is 3.66. The van der Waals surface area contributed by atoms with Crippen LogP contribution in [0.3, 0.4) is 0 Å². The lowest BCUT2D eigenvalue weighted by Gasteiger charge is -2.10. The first kappa shape index (κ1) is 18.4. The molecule has 5 nitrogen and oxygen atoms in total. The van der Waals surface area contributed by atoms with Crippen molar-refractivity contribution in [2.75, 3.05) is 10.6 Å². The lowest BCUT2D eigenvalue weighted by atomic mass is 10.2. The topological polar surface area (TPSA) is 66.9 Å². The van der Waals surface area contributed by atoms with Crippen molar-refractivity contribution in [2.45, 2.75) is 30.0 Å². The molecular weight excluding hydrogens is 364 g/mol. The Morgan fingerprint density at radius 3 is 2.58 bits per heavy atom. The van der Waals surface area contributed by atoms with Crippen LogP contribution in [0.5, 0.6) is 0 Å². The third kappa shape index (κ3) is 5.31. The summed E-state index contributed by atoms with van der Waals surface area (Å²) in [6.45, 7) is 4.58. The van der Waals surface area contributed by atoms with E-state index in [1.54, 1.807) is 0 Å². The van der Waals surface area contributed by atoms with Gasteiger partial charge in [-0.3, -0.25) is 4.79 Å². The highest BCUT2D eigenvalue weighted by atomic mass is 32.2. The Morgan fingerprint density at radius 1 is 1.12 bits per heavy atom. The summed E-state index contributed by atoms with van der Waals surface area (Å²) in [5.41, 5.74) is 3.15. The molecule has 0 fully saturated rings. The predicted molar refractivity (Wildman–Crippen MR) is 109 cm³/mol. The molecule has 2 aromatic carbocycles. The fraction of sp³-hybridized carbons (Fsp3) is 0.211. The van der Waals surface area contributed by atoms with Crippen LogP contribution >= 0.6 is 23.1 Å². The molecular formula is C19H20N4OS2. The number of nitrogens with zero attached hydrogens (tertiary/aromatic N) is 2. The molecule has 26 heavy (non-hydrogen) atoms. The van der Waals surface area contributed by atoms with Crippen molar-refractivity contribution in [1.82, 2.24) is 10.2 Å². The van der Waals surface area contributed by atoms with Crippen LogP contribution in [-0.4, -0.2) is 21.4 Å². The number of carbonyl (C=O) groups is 1. The van der Waals surface area contributed by atoms with E-state index in [-0.39, 0.29) is 11.2 Å². The molecule has 7 heteroatoms. The number of aryl methyl sites for hydroxylation is 1. The van der Waals surface area contributed by atoms with Crippen molar-refractivity contribution in [3.8, 4) is 0 Å². The Kier molecular flexibility index (Phi) is 6.25. The van der Waals surface area contributed by atoms with Gasteiger partial charge >= 0.3 is 0 Å². The van der Waals surface area contributed by atoms with Gasteiger partial charge in [-0.25, -0.2) is 0 Å². The minimum Gasteiger partial charge on any atom is -0.356 e. The Balaban J connectivity index is 1.51. The molecule has 1 aromatic heterocycles. The number of amides is 1. The molecule has 0 aliphatic heterocycles. The second kappa shape index (κ2) is 8.82. The van der Waals surface area contributed by atoms with Crippen LogP contribution in [0.15, 0.2) is 58.9 Å². The first-order valence-electron chi connectivity index (χ1n) is 8.25. The minimum atomic E-state index is -0.258. The number of aromatic nitrogens is 2. The van der Waals surface area contributed by atoms with Crippen LogP contribution in [0, 0.1) is 6.92 Å². The van der Waals surface area contributed by atoms with Gasteiger partial charge < -0.3 is 10.6 Å². The molecule has 0 spiro atoms. The minimum absolute atomic E-state index is 0.0483. The summed E-state index contributed by atoms with van der Waals surface area (Å²) in [5, 5.41) is 15.0. The summed E-state index contributed by atoms with van der Waals surface area (Å²) in [6, 6.07) is 17.9. The van der Waals surface area contributed by atoms with Crippen LogP contribution in [0.25, 0.3) is 0 Å². The molecule has 0 aliphatic rings. The van der Waals surface area contributed by atoms with Gasteiger partial charge in [0.05, 0.1) is 5.25 Å². The molecule has 1 atom stereocenters. The van der Waals surface area contributed by atoms with Crippen molar-refractivity contribution < 1.29 is 4.79 Å². The SMILES string of the molecule is Cc1ccc(NC(=O)[C@H](C)Sc2nnc(NCc3ccccc3)s2)cc1. The second-order valence-electron chi connectivity index (χ2n) is 5.83. The summed E-state index contributed by atoms with van der Waals surface area (Å²) < 4.78 is 0.770. The Labute approximate surface area is 161 Å². The number of rotatable bonds is 7. The van der Waals surface area contributed by atoms with Crippen molar-refractivity contribution in [3.63, 3.8) is 0 Å². The van der Waals surface area contributed by atoms with Crippen molar-refractivity contribution in [2.24, 2.45) is 0 Å². The van der Waals surface area contributed by atoms with E-state index in [0.717, 1.165) is 20.7 Å². The lowest BCUT2D eigenvalue weighted by molar-refractivity contribution is -0.115. The number of carbonyl (C=O) groups excluding carboxylic acids is 1. The van der Waals surface area contributed by atoms with Crippen molar-refractivity contribution >= 4 is 39.8 Å². The molecule has 0 unspecified atom stereocenters. The highest BCUT2D eigenvalue weighted by Crippen LogP contribution is 2.29. The van der Waals surface area contributed by atoms with Crippen molar-refractivity contribution in [3.05, 3.63) is 65.7 Å². The van der Waals surface area contributed by atoms with Gasteiger partial charge in [0.15, 0.2) is 4.34 Å². The molecule has 134 valence electrons. The standard InChI is InChI=1S/C19H20N4OS2/c1-13-8-10-16(11-9-13)21-17(24)14(2)25-19-23-22-18(26-19)20-12-15-6-4-3-5-7-15/h3-11,14H,12H2,1-2H3,(H,20,22)(H,21,24)/t14-/m0/s1. The molecule has 3 rings (SSSR count). The molecule has 3 aromatic rings. The maximum absolute atomic E-state index is 12.3.